The summed E-state index contributed by atoms with van der Waals surface area (Å²) >= 11 is 7.77. The molecule has 0 saturated carbocycles. The number of nitrogens with one attached hydrogen (secondary N) is 2. The van der Waals surface area contributed by atoms with Crippen molar-refractivity contribution in [2.45, 2.75) is 19.4 Å². The fourth-order valence-electron chi connectivity index (χ4n) is 1.98. The van der Waals surface area contributed by atoms with Crippen LogP contribution in [0.1, 0.15) is 23.3 Å². The van der Waals surface area contributed by atoms with Crippen LogP contribution in [-0.4, -0.2) is 19.6 Å². The normalized spacial score (nSPS) is 13.0. The third-order valence-electron chi connectivity index (χ3n) is 3.18. The summed E-state index contributed by atoms with van der Waals surface area (Å²) in [6, 6.07) is 12.1. The van der Waals surface area contributed by atoms with Crippen LogP contribution in [0.2, 0.25) is 5.02 Å². The summed E-state index contributed by atoms with van der Waals surface area (Å²) in [5.41, 5.74) is 1.14. The van der Waals surface area contributed by atoms with Crippen LogP contribution in [0, 0.1) is 0 Å². The predicted octanol–water partition coefficient (Wildman–Crippen LogP) is 3.87. The lowest BCUT2D eigenvalue weighted by molar-refractivity contribution is 0.708. The molecular formula is C16H20ClN3S. The van der Waals surface area contributed by atoms with Crippen molar-refractivity contribution in [3.05, 3.63) is 57.2 Å². The van der Waals surface area contributed by atoms with Crippen LogP contribution in [0.4, 0.5) is 0 Å². The predicted molar refractivity (Wildman–Crippen MR) is 92.4 cm³/mol. The topological polar surface area (TPSA) is 36.4 Å². The van der Waals surface area contributed by atoms with E-state index >= 15 is 0 Å². The van der Waals surface area contributed by atoms with E-state index in [4.69, 9.17) is 11.6 Å². The molecule has 1 atom stereocenters. The summed E-state index contributed by atoms with van der Waals surface area (Å²) in [5, 5.41) is 9.51. The van der Waals surface area contributed by atoms with E-state index in [1.807, 2.05) is 24.3 Å². The maximum atomic E-state index is 5.98. The quantitative estimate of drug-likeness (QED) is 0.648. The van der Waals surface area contributed by atoms with Crippen molar-refractivity contribution < 1.29 is 0 Å². The number of benzene rings is 1. The summed E-state index contributed by atoms with van der Waals surface area (Å²) in [7, 11) is 1.78. The van der Waals surface area contributed by atoms with E-state index in [0.29, 0.717) is 12.5 Å². The van der Waals surface area contributed by atoms with E-state index in [0.717, 1.165) is 23.1 Å². The van der Waals surface area contributed by atoms with Crippen molar-refractivity contribution in [2.24, 2.45) is 4.99 Å². The molecular weight excluding hydrogens is 302 g/mol. The van der Waals surface area contributed by atoms with Gasteiger partial charge >= 0.3 is 0 Å². The number of hydrogen-bond donors (Lipinski definition) is 2. The molecule has 0 aliphatic carbocycles. The van der Waals surface area contributed by atoms with E-state index in [9.17, 15) is 0 Å². The molecule has 5 heteroatoms. The first kappa shape index (κ1) is 15.9. The highest BCUT2D eigenvalue weighted by Crippen LogP contribution is 2.19. The van der Waals surface area contributed by atoms with Gasteiger partial charge in [-0.25, -0.2) is 0 Å². The van der Waals surface area contributed by atoms with Crippen LogP contribution in [0.3, 0.4) is 0 Å². The van der Waals surface area contributed by atoms with Crippen molar-refractivity contribution in [3.63, 3.8) is 0 Å². The fraction of sp³-hybridized carbons (Fsp3) is 0.312. The highest BCUT2D eigenvalue weighted by Gasteiger charge is 2.07. The second-order valence-electron chi connectivity index (χ2n) is 4.85. The molecule has 1 unspecified atom stereocenters. The van der Waals surface area contributed by atoms with E-state index in [2.05, 4.69) is 40.1 Å². The van der Waals surface area contributed by atoms with Gasteiger partial charge in [0.05, 0.1) is 0 Å². The van der Waals surface area contributed by atoms with Crippen molar-refractivity contribution in [1.29, 1.82) is 0 Å². The van der Waals surface area contributed by atoms with Crippen LogP contribution in [0.25, 0.3) is 0 Å². The van der Waals surface area contributed by atoms with Gasteiger partial charge in [0.15, 0.2) is 5.96 Å². The average Bonchev–Trinajstić information content (AvgIpc) is 3.01. The Labute approximate surface area is 135 Å². The molecule has 0 fully saturated rings. The van der Waals surface area contributed by atoms with Crippen molar-refractivity contribution in [2.75, 3.05) is 13.6 Å². The number of halogens is 1. The first-order valence-electron chi connectivity index (χ1n) is 6.91. The molecule has 0 aliphatic heterocycles. The molecule has 0 aliphatic rings. The number of thiophene rings is 1. The summed E-state index contributed by atoms with van der Waals surface area (Å²) < 4.78 is 0. The third-order valence-corrected chi connectivity index (χ3v) is 4.52. The van der Waals surface area contributed by atoms with E-state index in [-0.39, 0.29) is 0 Å². The third kappa shape index (κ3) is 5.06. The maximum Gasteiger partial charge on any atom is 0.191 e. The van der Waals surface area contributed by atoms with Gasteiger partial charge in [0.1, 0.15) is 0 Å². The standard InChI is InChI=1S/C16H20ClN3S/c1-12(15-7-4-8-21-15)10-19-16(18-2)20-11-13-5-3-6-14(17)9-13/h3-9,12H,10-11H2,1-2H3,(H2,18,19,20). The van der Waals surface area contributed by atoms with Gasteiger partial charge in [-0.1, -0.05) is 36.7 Å². The number of hydrogen-bond acceptors (Lipinski definition) is 2. The van der Waals surface area contributed by atoms with Gasteiger partial charge in [-0.3, -0.25) is 4.99 Å². The van der Waals surface area contributed by atoms with Crippen LogP contribution in [0.15, 0.2) is 46.8 Å². The summed E-state index contributed by atoms with van der Waals surface area (Å²) in [6.45, 7) is 3.77. The molecule has 112 valence electrons. The summed E-state index contributed by atoms with van der Waals surface area (Å²) in [5.74, 6) is 1.27. The first-order valence-corrected chi connectivity index (χ1v) is 8.17. The molecule has 0 amide bonds. The molecule has 0 radical (unpaired) electrons. The Morgan fingerprint density at radius 2 is 2.14 bits per heavy atom. The smallest absolute Gasteiger partial charge is 0.191 e. The molecule has 3 nitrogen and oxygen atoms in total. The van der Waals surface area contributed by atoms with Gasteiger partial charge in [0.2, 0.25) is 0 Å². The minimum absolute atomic E-state index is 0.467. The van der Waals surface area contributed by atoms with Crippen LogP contribution in [-0.2, 0) is 6.54 Å². The van der Waals surface area contributed by atoms with E-state index in [1.165, 1.54) is 4.88 Å². The Balaban J connectivity index is 1.81. The van der Waals surface area contributed by atoms with Crippen molar-refractivity contribution >= 4 is 28.9 Å². The molecule has 1 aromatic carbocycles. The van der Waals surface area contributed by atoms with Crippen LogP contribution in [0.5, 0.6) is 0 Å². The van der Waals surface area contributed by atoms with Gasteiger partial charge in [-0.2, -0.15) is 0 Å². The number of nitrogens with zero attached hydrogens (tertiary/aromatic N) is 1. The maximum absolute atomic E-state index is 5.98. The Morgan fingerprint density at radius 1 is 1.29 bits per heavy atom. The minimum atomic E-state index is 0.467. The highest BCUT2D eigenvalue weighted by molar-refractivity contribution is 7.10. The summed E-state index contributed by atoms with van der Waals surface area (Å²) in [4.78, 5) is 5.63. The largest absolute Gasteiger partial charge is 0.356 e. The molecule has 0 spiro atoms. The molecule has 21 heavy (non-hydrogen) atoms. The van der Waals surface area contributed by atoms with Gasteiger partial charge in [-0.15, -0.1) is 11.3 Å². The lowest BCUT2D eigenvalue weighted by atomic mass is 10.1. The molecule has 2 rings (SSSR count). The molecule has 2 N–H and O–H groups in total. The summed E-state index contributed by atoms with van der Waals surface area (Å²) in [6.07, 6.45) is 0. The number of rotatable bonds is 5. The minimum Gasteiger partial charge on any atom is -0.356 e. The zero-order valence-electron chi connectivity index (χ0n) is 12.3. The highest BCUT2D eigenvalue weighted by atomic mass is 35.5. The average molecular weight is 322 g/mol. The number of guanidine groups is 1. The lowest BCUT2D eigenvalue weighted by Crippen LogP contribution is -2.38. The van der Waals surface area contributed by atoms with Crippen LogP contribution >= 0.6 is 22.9 Å². The van der Waals surface area contributed by atoms with Gasteiger partial charge in [0, 0.05) is 36.0 Å². The van der Waals surface area contributed by atoms with Crippen LogP contribution < -0.4 is 10.6 Å². The van der Waals surface area contributed by atoms with E-state index in [1.54, 1.807) is 18.4 Å². The van der Waals surface area contributed by atoms with Gasteiger partial charge in [-0.05, 0) is 29.1 Å². The molecule has 0 saturated heterocycles. The molecule has 1 heterocycles. The monoisotopic (exact) mass is 321 g/mol. The first-order chi connectivity index (χ1) is 10.2. The lowest BCUT2D eigenvalue weighted by Gasteiger charge is -2.15. The zero-order valence-corrected chi connectivity index (χ0v) is 13.8. The second-order valence-corrected chi connectivity index (χ2v) is 6.27. The Hall–Kier alpha value is -1.52. The van der Waals surface area contributed by atoms with Crippen molar-refractivity contribution in [3.8, 4) is 0 Å². The molecule has 0 bridgehead atoms. The van der Waals surface area contributed by atoms with Gasteiger partial charge in [0.25, 0.3) is 0 Å². The Kier molecular flexibility index (Phi) is 6.08. The molecule has 1 aromatic heterocycles. The Bertz CT molecular complexity index is 581. The van der Waals surface area contributed by atoms with Crippen molar-refractivity contribution in [1.82, 2.24) is 10.6 Å². The SMILES string of the molecule is CN=C(NCc1cccc(Cl)c1)NCC(C)c1cccs1. The van der Waals surface area contributed by atoms with Gasteiger partial charge < -0.3 is 10.6 Å². The Morgan fingerprint density at radius 3 is 2.81 bits per heavy atom. The fourth-order valence-corrected chi connectivity index (χ4v) is 2.98. The van der Waals surface area contributed by atoms with E-state index < -0.39 is 0 Å². The zero-order chi connectivity index (χ0) is 15.1. The second kappa shape index (κ2) is 8.05. The number of aliphatic imine (C=N–C) groups is 1. The molecule has 2 aromatic rings.